The summed E-state index contributed by atoms with van der Waals surface area (Å²) in [5, 5.41) is 11.4. The average molecular weight is 262 g/mol. The van der Waals surface area contributed by atoms with Crippen LogP contribution >= 0.6 is 0 Å². The Morgan fingerprint density at radius 1 is 1.37 bits per heavy atom. The third-order valence-electron chi connectivity index (χ3n) is 2.38. The normalized spacial score (nSPS) is 10.6. The fourth-order valence-electron chi connectivity index (χ4n) is 1.41. The Balaban J connectivity index is 2.12. The number of hydrazone groups is 1. The predicted molar refractivity (Wildman–Crippen MR) is 70.9 cm³/mol. The van der Waals surface area contributed by atoms with Gasteiger partial charge in [0.15, 0.2) is 0 Å². The zero-order valence-electron chi connectivity index (χ0n) is 10.6. The molecule has 0 aliphatic rings. The van der Waals surface area contributed by atoms with Crippen LogP contribution in [0, 0.1) is 0 Å². The molecule has 100 valence electrons. The van der Waals surface area contributed by atoms with E-state index in [1.54, 1.807) is 26.5 Å². The number of rotatable bonds is 5. The molecule has 0 saturated carbocycles. The summed E-state index contributed by atoms with van der Waals surface area (Å²) < 4.78 is 11.6. The number of nitrogens with zero attached hydrogens (tertiary/aromatic N) is 4. The number of methoxy groups -OCH3 is 2. The van der Waals surface area contributed by atoms with E-state index in [4.69, 9.17) is 15.3 Å². The van der Waals surface area contributed by atoms with Crippen LogP contribution in [-0.2, 0) is 0 Å². The Hall–Kier alpha value is -2.77. The van der Waals surface area contributed by atoms with Crippen LogP contribution in [0.2, 0.25) is 0 Å². The highest BCUT2D eigenvalue weighted by atomic mass is 16.5. The highest BCUT2D eigenvalue weighted by Gasteiger charge is 2.03. The number of nitrogens with two attached hydrogens (primary N) is 1. The Morgan fingerprint density at radius 2 is 2.21 bits per heavy atom. The first-order chi connectivity index (χ1) is 9.24. The SMILES string of the molecule is COc1ccc(/C=N\Nc2nncn2N)c(OC)c1. The van der Waals surface area contributed by atoms with Crippen molar-refractivity contribution in [1.82, 2.24) is 14.9 Å². The molecule has 0 bridgehead atoms. The largest absolute Gasteiger partial charge is 0.497 e. The summed E-state index contributed by atoms with van der Waals surface area (Å²) in [5.74, 6) is 7.23. The lowest BCUT2D eigenvalue weighted by atomic mass is 10.2. The molecule has 0 aliphatic heterocycles. The molecule has 8 nitrogen and oxygen atoms in total. The highest BCUT2D eigenvalue weighted by Crippen LogP contribution is 2.23. The van der Waals surface area contributed by atoms with Crippen molar-refractivity contribution in [2.75, 3.05) is 25.5 Å². The van der Waals surface area contributed by atoms with Crippen LogP contribution in [0.15, 0.2) is 29.6 Å². The Kier molecular flexibility index (Phi) is 3.81. The minimum absolute atomic E-state index is 0.337. The summed E-state index contributed by atoms with van der Waals surface area (Å²) in [6.07, 6.45) is 2.96. The molecule has 0 radical (unpaired) electrons. The summed E-state index contributed by atoms with van der Waals surface area (Å²) in [7, 11) is 3.17. The maximum Gasteiger partial charge on any atom is 0.263 e. The van der Waals surface area contributed by atoms with Gasteiger partial charge in [0.05, 0.1) is 20.4 Å². The molecule has 2 rings (SSSR count). The molecular formula is C11H14N6O2. The number of hydrogen-bond donors (Lipinski definition) is 2. The van der Waals surface area contributed by atoms with Crippen LogP contribution in [0.1, 0.15) is 5.56 Å². The Labute approximate surface area is 109 Å². The molecule has 0 unspecified atom stereocenters. The van der Waals surface area contributed by atoms with Gasteiger partial charge in [-0.3, -0.25) is 0 Å². The maximum absolute atomic E-state index is 5.53. The van der Waals surface area contributed by atoms with Crippen LogP contribution in [0.5, 0.6) is 11.5 Å². The minimum Gasteiger partial charge on any atom is -0.497 e. The van der Waals surface area contributed by atoms with Crippen LogP contribution in [0.25, 0.3) is 0 Å². The van der Waals surface area contributed by atoms with Crippen LogP contribution in [0.4, 0.5) is 5.95 Å². The number of benzene rings is 1. The molecule has 1 aromatic carbocycles. The molecule has 3 N–H and O–H groups in total. The van der Waals surface area contributed by atoms with Gasteiger partial charge in [-0.2, -0.15) is 5.10 Å². The molecule has 0 atom stereocenters. The van der Waals surface area contributed by atoms with Crippen molar-refractivity contribution in [3.8, 4) is 11.5 Å². The van der Waals surface area contributed by atoms with E-state index in [1.807, 2.05) is 12.1 Å². The summed E-state index contributed by atoms with van der Waals surface area (Å²) in [4.78, 5) is 0. The number of aromatic nitrogens is 3. The lowest BCUT2D eigenvalue weighted by Crippen LogP contribution is -2.10. The minimum atomic E-state index is 0.337. The Bertz CT molecular complexity index is 580. The monoisotopic (exact) mass is 262 g/mol. The van der Waals surface area contributed by atoms with Crippen molar-refractivity contribution in [2.24, 2.45) is 5.10 Å². The van der Waals surface area contributed by atoms with Crippen molar-refractivity contribution >= 4 is 12.2 Å². The number of anilines is 1. The predicted octanol–water partition coefficient (Wildman–Crippen LogP) is 0.455. The molecule has 0 aliphatic carbocycles. The summed E-state index contributed by atoms with van der Waals surface area (Å²) in [6, 6.07) is 5.41. The van der Waals surface area contributed by atoms with E-state index >= 15 is 0 Å². The molecule has 19 heavy (non-hydrogen) atoms. The van der Waals surface area contributed by atoms with Crippen LogP contribution in [-0.4, -0.2) is 35.3 Å². The molecule has 8 heteroatoms. The van der Waals surface area contributed by atoms with Crippen molar-refractivity contribution in [2.45, 2.75) is 0 Å². The van der Waals surface area contributed by atoms with Crippen molar-refractivity contribution < 1.29 is 9.47 Å². The molecule has 2 aromatic rings. The second-order valence-corrected chi connectivity index (χ2v) is 3.54. The fourth-order valence-corrected chi connectivity index (χ4v) is 1.41. The topological polar surface area (TPSA) is 99.6 Å². The van der Waals surface area contributed by atoms with E-state index < -0.39 is 0 Å². The van der Waals surface area contributed by atoms with Gasteiger partial charge in [-0.25, -0.2) is 10.1 Å². The van der Waals surface area contributed by atoms with Gasteiger partial charge in [0, 0.05) is 11.6 Å². The molecule has 0 saturated heterocycles. The Morgan fingerprint density at radius 3 is 2.84 bits per heavy atom. The van der Waals surface area contributed by atoms with Gasteiger partial charge in [0.1, 0.15) is 17.8 Å². The third-order valence-corrected chi connectivity index (χ3v) is 2.38. The maximum atomic E-state index is 5.53. The van der Waals surface area contributed by atoms with Crippen LogP contribution < -0.4 is 20.7 Å². The van der Waals surface area contributed by atoms with E-state index in [9.17, 15) is 0 Å². The van der Waals surface area contributed by atoms with E-state index in [-0.39, 0.29) is 0 Å². The van der Waals surface area contributed by atoms with Crippen molar-refractivity contribution in [3.05, 3.63) is 30.1 Å². The lowest BCUT2D eigenvalue weighted by molar-refractivity contribution is 0.394. The smallest absolute Gasteiger partial charge is 0.263 e. The summed E-state index contributed by atoms with van der Waals surface area (Å²) in [6.45, 7) is 0. The van der Waals surface area contributed by atoms with Gasteiger partial charge < -0.3 is 15.3 Å². The second kappa shape index (κ2) is 5.71. The molecule has 0 spiro atoms. The number of ether oxygens (including phenoxy) is 2. The zero-order chi connectivity index (χ0) is 13.7. The van der Waals surface area contributed by atoms with Gasteiger partial charge in [-0.05, 0) is 12.1 Å². The van der Waals surface area contributed by atoms with Gasteiger partial charge in [0.25, 0.3) is 5.95 Å². The first-order valence-corrected chi connectivity index (χ1v) is 5.41. The highest BCUT2D eigenvalue weighted by molar-refractivity contribution is 5.84. The van der Waals surface area contributed by atoms with Crippen molar-refractivity contribution in [1.29, 1.82) is 0 Å². The summed E-state index contributed by atoms with van der Waals surface area (Å²) in [5.41, 5.74) is 3.46. The number of nitrogen functional groups attached to an aromatic ring is 1. The average Bonchev–Trinajstić information content (AvgIpc) is 2.84. The van der Waals surface area contributed by atoms with Crippen LogP contribution in [0.3, 0.4) is 0 Å². The van der Waals surface area contributed by atoms with E-state index in [1.165, 1.54) is 11.0 Å². The molecule has 0 amide bonds. The van der Waals surface area contributed by atoms with E-state index in [0.29, 0.717) is 17.4 Å². The van der Waals surface area contributed by atoms with Gasteiger partial charge in [-0.1, -0.05) is 0 Å². The zero-order valence-corrected chi connectivity index (χ0v) is 10.6. The third kappa shape index (κ3) is 2.92. The number of nitrogens with one attached hydrogen (secondary N) is 1. The van der Waals surface area contributed by atoms with Crippen molar-refractivity contribution in [3.63, 3.8) is 0 Å². The van der Waals surface area contributed by atoms with Gasteiger partial charge in [-0.15, -0.1) is 10.2 Å². The van der Waals surface area contributed by atoms with Gasteiger partial charge >= 0.3 is 0 Å². The van der Waals surface area contributed by atoms with E-state index in [2.05, 4.69) is 20.7 Å². The molecule has 0 fully saturated rings. The van der Waals surface area contributed by atoms with Gasteiger partial charge in [0.2, 0.25) is 0 Å². The summed E-state index contributed by atoms with van der Waals surface area (Å²) >= 11 is 0. The quantitative estimate of drug-likeness (QED) is 0.461. The molecule has 1 heterocycles. The lowest BCUT2D eigenvalue weighted by Gasteiger charge is -2.06. The molecule has 1 aromatic heterocycles. The molecular weight excluding hydrogens is 248 g/mol. The second-order valence-electron chi connectivity index (χ2n) is 3.54. The number of hydrogen-bond acceptors (Lipinski definition) is 7. The first-order valence-electron chi connectivity index (χ1n) is 5.41. The van der Waals surface area contributed by atoms with E-state index in [0.717, 1.165) is 5.56 Å². The first kappa shape index (κ1) is 12.7. The fraction of sp³-hybridized carbons (Fsp3) is 0.182. The standard InChI is InChI=1S/C11H14N6O2/c1-18-9-4-3-8(10(5-9)19-2)6-13-15-11-16-14-7-17(11)12/h3-7H,12H2,1-2H3,(H,15,16)/b13-6-.